The number of imidazole rings is 1. The zero-order valence-electron chi connectivity index (χ0n) is 13.5. The summed E-state index contributed by atoms with van der Waals surface area (Å²) in [5.74, 6) is 0. The standard InChI is InChI=1S/C19H21N2.ClH/c1-14-7-5-8-15(2)18(14)20-11-12-21(13-20)19-16(3)9-6-10-17(19)4;/h5-13H,1-4H3;1H/q+1;. The number of rotatable bonds is 2. The summed E-state index contributed by atoms with van der Waals surface area (Å²) in [7, 11) is 0. The van der Waals surface area contributed by atoms with Crippen LogP contribution in [0.4, 0.5) is 0 Å². The topological polar surface area (TPSA) is 8.81 Å². The van der Waals surface area contributed by atoms with Crippen LogP contribution in [-0.4, -0.2) is 4.57 Å². The van der Waals surface area contributed by atoms with Crippen LogP contribution in [0.2, 0.25) is 0 Å². The molecule has 22 heavy (non-hydrogen) atoms. The number of benzene rings is 2. The van der Waals surface area contributed by atoms with Crippen molar-refractivity contribution in [1.82, 2.24) is 4.57 Å². The third kappa shape index (κ3) is 2.79. The largest absolute Gasteiger partial charge is 0.254 e. The van der Waals surface area contributed by atoms with Gasteiger partial charge in [0, 0.05) is 0 Å². The summed E-state index contributed by atoms with van der Waals surface area (Å²) in [6.45, 7) is 8.63. The zero-order valence-corrected chi connectivity index (χ0v) is 14.3. The Morgan fingerprint density at radius 1 is 0.773 bits per heavy atom. The second kappa shape index (κ2) is 6.37. The van der Waals surface area contributed by atoms with E-state index in [4.69, 9.17) is 0 Å². The average Bonchev–Trinajstić information content (AvgIpc) is 2.87. The van der Waals surface area contributed by atoms with Gasteiger partial charge in [-0.1, -0.05) is 36.4 Å². The van der Waals surface area contributed by atoms with Crippen molar-refractivity contribution < 1.29 is 4.57 Å². The van der Waals surface area contributed by atoms with Gasteiger partial charge in [0.2, 0.25) is 0 Å². The number of nitrogens with zero attached hydrogens (tertiary/aromatic N) is 2. The number of para-hydroxylation sites is 2. The molecule has 3 aromatic rings. The highest BCUT2D eigenvalue weighted by Gasteiger charge is 2.15. The molecule has 0 unspecified atom stereocenters. The quantitative estimate of drug-likeness (QED) is 0.620. The molecule has 0 aliphatic heterocycles. The molecule has 0 atom stereocenters. The highest BCUT2D eigenvalue weighted by molar-refractivity contribution is 5.85. The Balaban J connectivity index is 0.00000176. The van der Waals surface area contributed by atoms with Gasteiger partial charge in [0.05, 0.1) is 0 Å². The Morgan fingerprint density at radius 3 is 1.82 bits per heavy atom. The van der Waals surface area contributed by atoms with Crippen molar-refractivity contribution in [2.45, 2.75) is 27.7 Å². The van der Waals surface area contributed by atoms with Crippen molar-refractivity contribution in [1.29, 1.82) is 0 Å². The van der Waals surface area contributed by atoms with Gasteiger partial charge < -0.3 is 0 Å². The van der Waals surface area contributed by atoms with Gasteiger partial charge in [-0.2, -0.15) is 0 Å². The van der Waals surface area contributed by atoms with Gasteiger partial charge in [0.15, 0.2) is 0 Å². The van der Waals surface area contributed by atoms with E-state index in [1.54, 1.807) is 0 Å². The molecule has 0 aliphatic carbocycles. The molecule has 0 fully saturated rings. The molecule has 0 radical (unpaired) electrons. The predicted octanol–water partition coefficient (Wildman–Crippen LogP) is 4.41. The van der Waals surface area contributed by atoms with E-state index in [0.717, 1.165) is 0 Å². The molecule has 0 saturated carbocycles. The Hall–Kier alpha value is -2.06. The molecule has 3 rings (SSSR count). The molecule has 2 aromatic carbocycles. The number of halogens is 1. The summed E-state index contributed by atoms with van der Waals surface area (Å²) in [4.78, 5) is 0. The first kappa shape index (κ1) is 16.3. The summed E-state index contributed by atoms with van der Waals surface area (Å²) in [5, 5.41) is 0. The first-order chi connectivity index (χ1) is 10.1. The first-order valence-electron chi connectivity index (χ1n) is 7.30. The SMILES string of the molecule is Cc1cccc(C)c1-n1cc[n+](-c2c(C)cccc2C)c1.Cl. The maximum atomic E-state index is 2.20. The minimum atomic E-state index is 0. The molecule has 0 saturated heterocycles. The average molecular weight is 314 g/mol. The summed E-state index contributed by atoms with van der Waals surface area (Å²) in [6.07, 6.45) is 6.41. The van der Waals surface area contributed by atoms with E-state index in [9.17, 15) is 0 Å². The Labute approximate surface area is 138 Å². The predicted molar refractivity (Wildman–Crippen MR) is 93.5 cm³/mol. The van der Waals surface area contributed by atoms with Gasteiger partial charge >= 0.3 is 0 Å². The fourth-order valence-corrected chi connectivity index (χ4v) is 3.05. The van der Waals surface area contributed by atoms with Crippen LogP contribution in [0.5, 0.6) is 0 Å². The van der Waals surface area contributed by atoms with Crippen molar-refractivity contribution in [3.05, 3.63) is 77.4 Å². The molecular weight excluding hydrogens is 292 g/mol. The van der Waals surface area contributed by atoms with Crippen LogP contribution in [0.25, 0.3) is 11.4 Å². The molecule has 0 bridgehead atoms. The molecule has 0 amide bonds. The highest BCUT2D eigenvalue weighted by atomic mass is 35.5. The van der Waals surface area contributed by atoms with E-state index in [0.29, 0.717) is 0 Å². The van der Waals surface area contributed by atoms with E-state index < -0.39 is 0 Å². The summed E-state index contributed by atoms with van der Waals surface area (Å²) in [5.41, 5.74) is 7.70. The van der Waals surface area contributed by atoms with Crippen LogP contribution in [0.15, 0.2) is 55.1 Å². The Kier molecular flexibility index (Phi) is 4.72. The molecule has 1 aromatic heterocycles. The van der Waals surface area contributed by atoms with Gasteiger partial charge in [-0.25, -0.2) is 9.13 Å². The van der Waals surface area contributed by atoms with Crippen molar-refractivity contribution in [2.24, 2.45) is 0 Å². The monoisotopic (exact) mass is 313 g/mol. The third-order valence-electron chi connectivity index (χ3n) is 4.03. The second-order valence-corrected chi connectivity index (χ2v) is 5.71. The minimum absolute atomic E-state index is 0. The lowest BCUT2D eigenvalue weighted by Gasteiger charge is -2.06. The van der Waals surface area contributed by atoms with Crippen molar-refractivity contribution >= 4 is 12.4 Å². The number of aromatic nitrogens is 2. The highest BCUT2D eigenvalue weighted by Crippen LogP contribution is 2.19. The van der Waals surface area contributed by atoms with E-state index >= 15 is 0 Å². The van der Waals surface area contributed by atoms with E-state index in [1.165, 1.54) is 33.6 Å². The lowest BCUT2D eigenvalue weighted by molar-refractivity contribution is -0.595. The fourth-order valence-electron chi connectivity index (χ4n) is 3.05. The van der Waals surface area contributed by atoms with Gasteiger partial charge in [0.1, 0.15) is 23.8 Å². The Bertz CT molecular complexity index is 696. The zero-order chi connectivity index (χ0) is 15.0. The van der Waals surface area contributed by atoms with Gasteiger partial charge in [-0.05, 0) is 49.9 Å². The normalized spacial score (nSPS) is 10.4. The third-order valence-corrected chi connectivity index (χ3v) is 4.03. The lowest BCUT2D eigenvalue weighted by Crippen LogP contribution is -2.30. The van der Waals surface area contributed by atoms with Crippen molar-refractivity contribution in [2.75, 3.05) is 0 Å². The molecule has 0 aliphatic rings. The van der Waals surface area contributed by atoms with Crippen LogP contribution in [0.1, 0.15) is 22.3 Å². The molecule has 1 heterocycles. The van der Waals surface area contributed by atoms with Crippen LogP contribution in [-0.2, 0) is 0 Å². The summed E-state index contributed by atoms with van der Waals surface area (Å²) >= 11 is 0. The summed E-state index contributed by atoms with van der Waals surface area (Å²) < 4.78 is 4.41. The molecule has 114 valence electrons. The first-order valence-corrected chi connectivity index (χ1v) is 7.30. The van der Waals surface area contributed by atoms with Crippen molar-refractivity contribution in [3.8, 4) is 11.4 Å². The van der Waals surface area contributed by atoms with Crippen molar-refractivity contribution in [3.63, 3.8) is 0 Å². The molecule has 0 N–H and O–H groups in total. The fraction of sp³-hybridized carbons (Fsp3) is 0.211. The Morgan fingerprint density at radius 2 is 1.27 bits per heavy atom. The van der Waals surface area contributed by atoms with Crippen LogP contribution < -0.4 is 4.57 Å². The van der Waals surface area contributed by atoms with E-state index in [-0.39, 0.29) is 12.4 Å². The number of aryl methyl sites for hydroxylation is 4. The molecular formula is C19H22ClN2+. The maximum absolute atomic E-state index is 2.20. The second-order valence-electron chi connectivity index (χ2n) is 5.71. The van der Waals surface area contributed by atoms with Crippen LogP contribution >= 0.6 is 12.4 Å². The molecule has 0 spiro atoms. The van der Waals surface area contributed by atoms with E-state index in [1.807, 2.05) is 0 Å². The smallest absolute Gasteiger partial charge is 0.202 e. The van der Waals surface area contributed by atoms with E-state index in [2.05, 4.69) is 91.9 Å². The van der Waals surface area contributed by atoms with Gasteiger partial charge in [-0.3, -0.25) is 0 Å². The molecule has 3 heteroatoms. The van der Waals surface area contributed by atoms with Crippen LogP contribution in [0, 0.1) is 27.7 Å². The minimum Gasteiger partial charge on any atom is -0.202 e. The number of hydrogen-bond donors (Lipinski definition) is 0. The number of hydrogen-bond acceptors (Lipinski definition) is 0. The summed E-state index contributed by atoms with van der Waals surface area (Å²) in [6, 6.07) is 12.9. The molecule has 2 nitrogen and oxygen atoms in total. The van der Waals surface area contributed by atoms with Gasteiger partial charge in [-0.15, -0.1) is 12.4 Å². The van der Waals surface area contributed by atoms with Gasteiger partial charge in [0.25, 0.3) is 6.33 Å². The maximum Gasteiger partial charge on any atom is 0.254 e. The lowest BCUT2D eigenvalue weighted by atomic mass is 10.1. The van der Waals surface area contributed by atoms with Crippen LogP contribution in [0.3, 0.4) is 0 Å².